The lowest BCUT2D eigenvalue weighted by Gasteiger charge is -2.25. The fraction of sp³-hybridized carbons (Fsp3) is 0.231. The van der Waals surface area contributed by atoms with E-state index in [-0.39, 0.29) is 18.1 Å². The summed E-state index contributed by atoms with van der Waals surface area (Å²) >= 11 is 0. The molecule has 5 rings (SSSR count). The van der Waals surface area contributed by atoms with E-state index in [1.807, 2.05) is 42.6 Å². The van der Waals surface area contributed by atoms with Crippen LogP contribution in [0.5, 0.6) is 0 Å². The molecule has 0 saturated carbocycles. The van der Waals surface area contributed by atoms with Crippen LogP contribution < -0.4 is 21.2 Å². The number of amides is 1. The molecule has 3 heterocycles. The largest absolute Gasteiger partial charge is 0.483 e. The van der Waals surface area contributed by atoms with Crippen molar-refractivity contribution in [2.45, 2.75) is 26.2 Å². The van der Waals surface area contributed by atoms with Gasteiger partial charge < -0.3 is 30.6 Å². The summed E-state index contributed by atoms with van der Waals surface area (Å²) in [6.45, 7) is 2.69. The fourth-order valence-corrected chi connectivity index (χ4v) is 4.18. The van der Waals surface area contributed by atoms with Crippen molar-refractivity contribution in [2.24, 2.45) is 0 Å². The first-order valence-corrected chi connectivity index (χ1v) is 12.3. The van der Waals surface area contributed by atoms with Gasteiger partial charge in [0.1, 0.15) is 5.82 Å². The normalized spacial score (nSPS) is 10.6. The molecule has 3 aromatic heterocycles. The Morgan fingerprint density at radius 2 is 1.90 bits per heavy atom. The van der Waals surface area contributed by atoms with Crippen LogP contribution >= 0.6 is 0 Å². The third-order valence-corrected chi connectivity index (χ3v) is 5.87. The number of aromatic amines is 3. The Hall–Kier alpha value is -5.20. The molecule has 0 radical (unpaired) electrons. The summed E-state index contributed by atoms with van der Waals surface area (Å²) in [5, 5.41) is 21.2. The molecule has 0 aliphatic rings. The molecule has 0 aliphatic heterocycles. The fourth-order valence-electron chi connectivity index (χ4n) is 4.18. The molecule has 2 aromatic carbocycles. The average Bonchev–Trinajstić information content (AvgIpc) is 3.54. The van der Waals surface area contributed by atoms with Crippen LogP contribution in [0, 0.1) is 0 Å². The van der Waals surface area contributed by atoms with Crippen LogP contribution in [-0.4, -0.2) is 60.7 Å². The molecular weight excluding hydrogens is 502 g/mol. The van der Waals surface area contributed by atoms with Crippen molar-refractivity contribution in [3.05, 3.63) is 65.3 Å². The van der Waals surface area contributed by atoms with Gasteiger partial charge in [-0.05, 0) is 55.7 Å². The summed E-state index contributed by atoms with van der Waals surface area (Å²) in [4.78, 5) is 47.9. The van der Waals surface area contributed by atoms with Gasteiger partial charge in [0.15, 0.2) is 0 Å². The van der Waals surface area contributed by atoms with Gasteiger partial charge in [0, 0.05) is 37.3 Å². The zero-order valence-corrected chi connectivity index (χ0v) is 21.3. The lowest BCUT2D eigenvalue weighted by molar-refractivity contribution is -0.123. The Morgan fingerprint density at radius 1 is 1.08 bits per heavy atom. The Kier molecular flexibility index (Phi) is 8.85. The highest BCUT2D eigenvalue weighted by Gasteiger charge is 2.16. The predicted octanol–water partition coefficient (Wildman–Crippen LogP) is 3.41. The van der Waals surface area contributed by atoms with Gasteiger partial charge in [-0.3, -0.25) is 14.7 Å². The van der Waals surface area contributed by atoms with Crippen LogP contribution in [0.3, 0.4) is 0 Å². The standard InChI is InChI=1S/C25H27N9O2.CH2O2/c1-16(35)26-11-3-2-4-13-34(22-7-5-6-19-18(22)15-28-33-19)23-10-12-27-24(32-23)29-17-8-9-20-21(14-17)31-25(36)30-20;2-1-3/h5-10,12,14-15H,2-4,11,13H2,1H3,(H,26,35)(H,28,33)(H,27,29,32)(H2,30,31,36);1H,(H,2,3). The number of unbranched alkanes of at least 4 members (excludes halogenated alkanes) is 2. The molecular formula is C26H29N9O4. The number of carboxylic acid groups (broad SMARTS) is 1. The van der Waals surface area contributed by atoms with E-state index in [0.29, 0.717) is 18.0 Å². The van der Waals surface area contributed by atoms with Crippen molar-refractivity contribution >= 4 is 57.5 Å². The third kappa shape index (κ3) is 6.97. The molecule has 202 valence electrons. The SMILES string of the molecule is CC(=O)NCCCCCN(c1ccnc(Nc2ccc3[nH]c(=O)[nH]c3c2)n1)c1cccc2[nH]ncc12.O=CO. The first-order valence-electron chi connectivity index (χ1n) is 12.3. The van der Waals surface area contributed by atoms with Crippen LogP contribution in [0.2, 0.25) is 0 Å². The summed E-state index contributed by atoms with van der Waals surface area (Å²) in [6.07, 6.45) is 6.33. The number of hydrogen-bond acceptors (Lipinski definition) is 8. The number of nitrogens with zero attached hydrogens (tertiary/aromatic N) is 4. The second kappa shape index (κ2) is 12.9. The van der Waals surface area contributed by atoms with E-state index in [2.05, 4.69) is 46.7 Å². The van der Waals surface area contributed by atoms with Crippen LogP contribution in [-0.2, 0) is 9.59 Å². The number of hydrogen-bond donors (Lipinski definition) is 6. The Bertz CT molecular complexity index is 1610. The zero-order chi connectivity index (χ0) is 27.6. The van der Waals surface area contributed by atoms with E-state index >= 15 is 0 Å². The lowest BCUT2D eigenvalue weighted by atomic mass is 10.1. The summed E-state index contributed by atoms with van der Waals surface area (Å²) in [5.74, 6) is 1.19. The van der Waals surface area contributed by atoms with Crippen LogP contribution in [0.25, 0.3) is 21.9 Å². The van der Waals surface area contributed by atoms with Gasteiger partial charge in [-0.15, -0.1) is 0 Å². The summed E-state index contributed by atoms with van der Waals surface area (Å²) in [5.41, 5.74) is 3.90. The van der Waals surface area contributed by atoms with Crippen LogP contribution in [0.4, 0.5) is 23.1 Å². The Morgan fingerprint density at radius 3 is 2.72 bits per heavy atom. The van der Waals surface area contributed by atoms with E-state index in [1.165, 1.54) is 6.92 Å². The number of benzene rings is 2. The first-order chi connectivity index (χ1) is 19.0. The van der Waals surface area contributed by atoms with Crippen molar-refractivity contribution in [3.8, 4) is 0 Å². The van der Waals surface area contributed by atoms with Crippen LogP contribution in [0.1, 0.15) is 26.2 Å². The first kappa shape index (κ1) is 26.9. The number of aromatic nitrogens is 6. The van der Waals surface area contributed by atoms with E-state index in [4.69, 9.17) is 14.9 Å². The van der Waals surface area contributed by atoms with E-state index in [9.17, 15) is 9.59 Å². The van der Waals surface area contributed by atoms with Gasteiger partial charge in [-0.1, -0.05) is 6.07 Å². The molecule has 6 N–H and O–H groups in total. The van der Waals surface area contributed by atoms with Crippen molar-refractivity contribution < 1.29 is 14.7 Å². The van der Waals surface area contributed by atoms with E-state index < -0.39 is 0 Å². The minimum atomic E-state index is -0.250. The van der Waals surface area contributed by atoms with Crippen molar-refractivity contribution in [3.63, 3.8) is 0 Å². The molecule has 0 atom stereocenters. The monoisotopic (exact) mass is 531 g/mol. The van der Waals surface area contributed by atoms with Gasteiger partial charge in [0.2, 0.25) is 11.9 Å². The number of carbonyl (C=O) groups is 2. The number of carbonyl (C=O) groups excluding carboxylic acids is 1. The molecule has 0 fully saturated rings. The van der Waals surface area contributed by atoms with Gasteiger partial charge in [-0.2, -0.15) is 10.1 Å². The van der Waals surface area contributed by atoms with Crippen molar-refractivity contribution in [1.29, 1.82) is 0 Å². The Labute approximate surface area is 222 Å². The van der Waals surface area contributed by atoms with E-state index in [1.54, 1.807) is 6.20 Å². The Balaban J connectivity index is 0.00000112. The summed E-state index contributed by atoms with van der Waals surface area (Å²) in [7, 11) is 0. The lowest BCUT2D eigenvalue weighted by Crippen LogP contribution is -2.22. The second-order valence-electron chi connectivity index (χ2n) is 8.61. The number of nitrogens with one attached hydrogen (secondary N) is 5. The van der Waals surface area contributed by atoms with Gasteiger partial charge in [0.05, 0.1) is 28.4 Å². The highest BCUT2D eigenvalue weighted by Crippen LogP contribution is 2.31. The maximum Gasteiger partial charge on any atom is 0.323 e. The number of anilines is 4. The van der Waals surface area contributed by atoms with Crippen LogP contribution in [0.15, 0.2) is 59.7 Å². The molecule has 0 aliphatic carbocycles. The minimum Gasteiger partial charge on any atom is -0.483 e. The minimum absolute atomic E-state index is 0.00806. The number of imidazole rings is 1. The highest BCUT2D eigenvalue weighted by atomic mass is 16.3. The third-order valence-electron chi connectivity index (χ3n) is 5.87. The van der Waals surface area contributed by atoms with Crippen molar-refractivity contribution in [2.75, 3.05) is 23.3 Å². The molecule has 39 heavy (non-hydrogen) atoms. The molecule has 13 heteroatoms. The maximum atomic E-state index is 11.6. The summed E-state index contributed by atoms with van der Waals surface area (Å²) in [6, 6.07) is 13.4. The topological polar surface area (TPSA) is 185 Å². The molecule has 0 saturated heterocycles. The van der Waals surface area contributed by atoms with Gasteiger partial charge in [-0.25, -0.2) is 9.78 Å². The number of rotatable bonds is 10. The number of fused-ring (bicyclic) bond motifs is 2. The zero-order valence-electron chi connectivity index (χ0n) is 21.3. The van der Waals surface area contributed by atoms with Crippen molar-refractivity contribution in [1.82, 2.24) is 35.5 Å². The van der Waals surface area contributed by atoms with E-state index in [0.717, 1.165) is 59.4 Å². The molecule has 13 nitrogen and oxygen atoms in total. The molecule has 5 aromatic rings. The predicted molar refractivity (Wildman–Crippen MR) is 149 cm³/mol. The summed E-state index contributed by atoms with van der Waals surface area (Å²) < 4.78 is 0. The highest BCUT2D eigenvalue weighted by molar-refractivity contribution is 5.93. The van der Waals surface area contributed by atoms with Gasteiger partial charge >= 0.3 is 5.69 Å². The maximum absolute atomic E-state index is 11.6. The quantitative estimate of drug-likeness (QED) is 0.116. The molecule has 0 unspecified atom stereocenters. The molecule has 1 amide bonds. The average molecular weight is 532 g/mol. The molecule has 0 bridgehead atoms. The molecule has 0 spiro atoms. The smallest absolute Gasteiger partial charge is 0.323 e. The second-order valence-corrected chi connectivity index (χ2v) is 8.61. The van der Waals surface area contributed by atoms with Gasteiger partial charge in [0.25, 0.3) is 6.47 Å². The number of H-pyrrole nitrogens is 3.